The van der Waals surface area contributed by atoms with Gasteiger partial charge in [0.05, 0.1) is 24.0 Å². The molecule has 4 fully saturated rings. The van der Waals surface area contributed by atoms with E-state index in [1.807, 2.05) is 0 Å². The van der Waals surface area contributed by atoms with Crippen molar-refractivity contribution >= 4 is 17.7 Å². The minimum absolute atomic E-state index is 0.0652. The summed E-state index contributed by atoms with van der Waals surface area (Å²) in [5.74, 6) is 0.110. The monoisotopic (exact) mass is 404 g/mol. The van der Waals surface area contributed by atoms with Gasteiger partial charge < -0.3 is 10.1 Å². The Labute approximate surface area is 174 Å². The molecule has 0 aromatic carbocycles. The third-order valence-corrected chi connectivity index (χ3v) is 7.89. The third-order valence-electron chi connectivity index (χ3n) is 7.89. The largest absolute Gasteiger partial charge is 0.375 e. The van der Waals surface area contributed by atoms with Crippen LogP contribution in [0.2, 0.25) is 0 Å². The van der Waals surface area contributed by atoms with E-state index in [0.717, 1.165) is 31.6 Å². The molecular weight excluding hydrogens is 368 g/mol. The number of carbonyl (C=O) groups is 3. The lowest BCUT2D eigenvalue weighted by atomic mass is 9.75. The maximum Gasteiger partial charge on any atom is 0.232 e. The zero-order chi connectivity index (χ0) is 20.5. The molecule has 3 amide bonds. The molecule has 6 nitrogen and oxygen atoms in total. The van der Waals surface area contributed by atoms with Crippen LogP contribution >= 0.6 is 0 Å². The molecule has 3 unspecified atom stereocenters. The molecule has 0 radical (unpaired) electrons. The maximum absolute atomic E-state index is 12.8. The standard InChI is InChI=1S/C23H36N2O4/c1-14-3-8-17(9-4-14)29-18-10-6-16(7-11-18)24-21(26)15-5-12-19-20(13-15)23(28)25(2)22(19)27/h14-20H,3-13H2,1-2H3,(H,24,26). The molecule has 0 bridgehead atoms. The molecule has 1 heterocycles. The van der Waals surface area contributed by atoms with Gasteiger partial charge in [-0.05, 0) is 76.5 Å². The van der Waals surface area contributed by atoms with Gasteiger partial charge in [0.1, 0.15) is 0 Å². The van der Waals surface area contributed by atoms with Gasteiger partial charge in [0.2, 0.25) is 17.7 Å². The van der Waals surface area contributed by atoms with E-state index < -0.39 is 0 Å². The van der Waals surface area contributed by atoms with Crippen LogP contribution in [-0.4, -0.2) is 47.9 Å². The SMILES string of the molecule is CC1CCC(OC2CCC(NC(=O)C3CCC4C(=O)N(C)C(=O)C4C3)CC2)CC1. The van der Waals surface area contributed by atoms with E-state index in [1.54, 1.807) is 7.05 Å². The molecular formula is C23H36N2O4. The van der Waals surface area contributed by atoms with Crippen LogP contribution in [0.15, 0.2) is 0 Å². The highest BCUT2D eigenvalue weighted by molar-refractivity contribution is 6.05. The van der Waals surface area contributed by atoms with E-state index >= 15 is 0 Å². The molecule has 1 aliphatic heterocycles. The lowest BCUT2D eigenvalue weighted by Crippen LogP contribution is -2.44. The first-order valence-electron chi connectivity index (χ1n) is 11.7. The third kappa shape index (κ3) is 4.52. The molecule has 162 valence electrons. The Hall–Kier alpha value is -1.43. The van der Waals surface area contributed by atoms with Gasteiger partial charge in [-0.2, -0.15) is 0 Å². The number of likely N-dealkylation sites (tertiary alicyclic amines) is 1. The normalized spacial score (nSPS) is 40.6. The van der Waals surface area contributed by atoms with Crippen molar-refractivity contribution in [2.45, 2.75) is 95.8 Å². The number of nitrogens with one attached hydrogen (secondary N) is 1. The number of amides is 3. The van der Waals surface area contributed by atoms with Gasteiger partial charge in [0, 0.05) is 19.0 Å². The van der Waals surface area contributed by atoms with Gasteiger partial charge >= 0.3 is 0 Å². The summed E-state index contributed by atoms with van der Waals surface area (Å²) in [4.78, 5) is 38.5. The Morgan fingerprint density at radius 3 is 2.10 bits per heavy atom. The van der Waals surface area contributed by atoms with Crippen LogP contribution in [0.4, 0.5) is 0 Å². The van der Waals surface area contributed by atoms with Gasteiger partial charge in [0.15, 0.2) is 0 Å². The summed E-state index contributed by atoms with van der Waals surface area (Å²) in [6, 6.07) is 0.218. The molecule has 3 aliphatic carbocycles. The zero-order valence-electron chi connectivity index (χ0n) is 17.9. The van der Waals surface area contributed by atoms with Crippen molar-refractivity contribution < 1.29 is 19.1 Å². The first-order chi connectivity index (χ1) is 13.9. The van der Waals surface area contributed by atoms with Crippen molar-refractivity contribution in [2.24, 2.45) is 23.7 Å². The topological polar surface area (TPSA) is 75.7 Å². The van der Waals surface area contributed by atoms with Gasteiger partial charge in [-0.15, -0.1) is 0 Å². The number of hydrogen-bond acceptors (Lipinski definition) is 4. The molecule has 3 atom stereocenters. The second-order valence-corrected chi connectivity index (χ2v) is 9.96. The highest BCUT2D eigenvalue weighted by atomic mass is 16.5. The van der Waals surface area contributed by atoms with Crippen LogP contribution in [0.5, 0.6) is 0 Å². The van der Waals surface area contributed by atoms with Crippen molar-refractivity contribution in [3.8, 4) is 0 Å². The van der Waals surface area contributed by atoms with Gasteiger partial charge in [-0.25, -0.2) is 0 Å². The van der Waals surface area contributed by atoms with Crippen molar-refractivity contribution in [3.05, 3.63) is 0 Å². The van der Waals surface area contributed by atoms with Crippen molar-refractivity contribution in [1.82, 2.24) is 10.2 Å². The summed E-state index contributed by atoms with van der Waals surface area (Å²) in [5, 5.41) is 3.23. The average Bonchev–Trinajstić information content (AvgIpc) is 2.95. The van der Waals surface area contributed by atoms with Crippen molar-refractivity contribution in [3.63, 3.8) is 0 Å². The number of nitrogens with zero attached hydrogens (tertiary/aromatic N) is 1. The molecule has 0 aromatic heterocycles. The molecule has 3 saturated carbocycles. The smallest absolute Gasteiger partial charge is 0.232 e. The Morgan fingerprint density at radius 2 is 1.45 bits per heavy atom. The molecule has 1 N–H and O–H groups in total. The molecule has 29 heavy (non-hydrogen) atoms. The van der Waals surface area contributed by atoms with Crippen LogP contribution in [0.3, 0.4) is 0 Å². The van der Waals surface area contributed by atoms with Crippen LogP contribution in [0, 0.1) is 23.7 Å². The molecule has 6 heteroatoms. The summed E-state index contributed by atoms with van der Waals surface area (Å²) < 4.78 is 6.34. The fourth-order valence-electron chi connectivity index (χ4n) is 5.88. The van der Waals surface area contributed by atoms with E-state index in [2.05, 4.69) is 12.2 Å². The summed E-state index contributed by atoms with van der Waals surface area (Å²) in [7, 11) is 1.56. The van der Waals surface area contributed by atoms with E-state index in [9.17, 15) is 14.4 Å². The summed E-state index contributed by atoms with van der Waals surface area (Å²) >= 11 is 0. The van der Waals surface area contributed by atoms with Crippen LogP contribution in [0.1, 0.15) is 77.6 Å². The number of ether oxygens (including phenoxy) is 1. The number of hydrogen-bond donors (Lipinski definition) is 1. The average molecular weight is 405 g/mol. The Morgan fingerprint density at radius 1 is 0.862 bits per heavy atom. The highest BCUT2D eigenvalue weighted by Gasteiger charge is 2.49. The number of fused-ring (bicyclic) bond motifs is 1. The predicted octanol–water partition coefficient (Wildman–Crippen LogP) is 3.04. The maximum atomic E-state index is 12.8. The fourth-order valence-corrected chi connectivity index (χ4v) is 5.88. The molecule has 0 aromatic rings. The predicted molar refractivity (Wildman–Crippen MR) is 109 cm³/mol. The van der Waals surface area contributed by atoms with Crippen LogP contribution < -0.4 is 5.32 Å². The number of imide groups is 1. The first kappa shape index (κ1) is 20.8. The molecule has 4 aliphatic rings. The summed E-state index contributed by atoms with van der Waals surface area (Å²) in [6.07, 6.45) is 11.6. The second-order valence-electron chi connectivity index (χ2n) is 9.96. The van der Waals surface area contributed by atoms with E-state index in [0.29, 0.717) is 31.5 Å². The second kappa shape index (κ2) is 8.75. The highest BCUT2D eigenvalue weighted by Crippen LogP contribution is 2.40. The van der Waals surface area contributed by atoms with E-state index in [1.165, 1.54) is 30.6 Å². The number of carbonyl (C=O) groups excluding carboxylic acids is 3. The Balaban J connectivity index is 1.20. The van der Waals surface area contributed by atoms with E-state index in [-0.39, 0.29) is 41.5 Å². The minimum Gasteiger partial charge on any atom is -0.375 e. The fraction of sp³-hybridized carbons (Fsp3) is 0.870. The molecule has 4 rings (SSSR count). The lowest BCUT2D eigenvalue weighted by Gasteiger charge is -2.35. The Kier molecular flexibility index (Phi) is 6.28. The van der Waals surface area contributed by atoms with Crippen molar-refractivity contribution in [2.75, 3.05) is 7.05 Å². The molecule has 1 saturated heterocycles. The summed E-state index contributed by atoms with van der Waals surface area (Å²) in [5.41, 5.74) is 0. The Bertz CT molecular complexity index is 635. The van der Waals surface area contributed by atoms with E-state index in [4.69, 9.17) is 4.74 Å². The minimum atomic E-state index is -0.292. The lowest BCUT2D eigenvalue weighted by molar-refractivity contribution is -0.138. The zero-order valence-corrected chi connectivity index (χ0v) is 17.9. The van der Waals surface area contributed by atoms with Gasteiger partial charge in [0.25, 0.3) is 0 Å². The van der Waals surface area contributed by atoms with Gasteiger partial charge in [-0.3, -0.25) is 19.3 Å². The summed E-state index contributed by atoms with van der Waals surface area (Å²) in [6.45, 7) is 2.33. The quantitative estimate of drug-likeness (QED) is 0.731. The van der Waals surface area contributed by atoms with Crippen molar-refractivity contribution in [1.29, 1.82) is 0 Å². The van der Waals surface area contributed by atoms with Gasteiger partial charge in [-0.1, -0.05) is 6.92 Å². The van der Waals surface area contributed by atoms with Crippen LogP contribution in [-0.2, 0) is 19.1 Å². The first-order valence-corrected chi connectivity index (χ1v) is 11.7. The molecule has 0 spiro atoms. The van der Waals surface area contributed by atoms with Crippen LogP contribution in [0.25, 0.3) is 0 Å². The number of rotatable bonds is 4.